The highest BCUT2D eigenvalue weighted by Crippen LogP contribution is 2.28. The largest absolute Gasteiger partial charge is 0.370 e. The first kappa shape index (κ1) is 15.9. The molecule has 0 spiro atoms. The molecule has 1 aliphatic heterocycles. The minimum atomic E-state index is -0.293. The first-order valence-electron chi connectivity index (χ1n) is 7.83. The van der Waals surface area contributed by atoms with Crippen LogP contribution in [0.3, 0.4) is 0 Å². The number of thioether (sulfide) groups is 1. The van der Waals surface area contributed by atoms with E-state index < -0.39 is 0 Å². The van der Waals surface area contributed by atoms with Crippen LogP contribution in [0, 0.1) is 6.92 Å². The molecule has 23 heavy (non-hydrogen) atoms. The molecule has 1 aliphatic rings. The lowest BCUT2D eigenvalue weighted by Crippen LogP contribution is -2.22. The van der Waals surface area contributed by atoms with Crippen molar-refractivity contribution in [2.45, 2.75) is 31.3 Å². The first-order valence-corrected chi connectivity index (χ1v) is 8.82. The van der Waals surface area contributed by atoms with Gasteiger partial charge < -0.3 is 10.6 Å². The molecule has 0 saturated carbocycles. The quantitative estimate of drug-likeness (QED) is 0.821. The first-order chi connectivity index (χ1) is 11.1. The number of benzene rings is 1. The minimum absolute atomic E-state index is 0.293. The molecule has 0 atom stereocenters. The highest BCUT2D eigenvalue weighted by Gasteiger charge is 2.22. The van der Waals surface area contributed by atoms with Gasteiger partial charge in [-0.3, -0.25) is 9.36 Å². The number of aryl methyl sites for hydroxylation is 1. The van der Waals surface area contributed by atoms with Gasteiger partial charge in [0.15, 0.2) is 5.16 Å². The van der Waals surface area contributed by atoms with E-state index in [1.807, 2.05) is 0 Å². The van der Waals surface area contributed by atoms with Crippen LogP contribution in [0.1, 0.15) is 24.8 Å². The van der Waals surface area contributed by atoms with Gasteiger partial charge >= 0.3 is 0 Å². The lowest BCUT2D eigenvalue weighted by Gasteiger charge is -2.18. The predicted molar refractivity (Wildman–Crippen MR) is 92.1 cm³/mol. The van der Waals surface area contributed by atoms with Crippen molar-refractivity contribution in [1.29, 1.82) is 0 Å². The second-order valence-electron chi connectivity index (χ2n) is 5.71. The SMILES string of the molecule is Cc1ccc(-n2c(SCCC(N)=O)nnc2N2CCCC2)cc1. The molecule has 1 aromatic carbocycles. The molecule has 0 aliphatic carbocycles. The fourth-order valence-electron chi connectivity index (χ4n) is 2.64. The summed E-state index contributed by atoms with van der Waals surface area (Å²) in [6.45, 7) is 4.09. The van der Waals surface area contributed by atoms with E-state index in [2.05, 4.69) is 50.9 Å². The van der Waals surface area contributed by atoms with E-state index >= 15 is 0 Å². The van der Waals surface area contributed by atoms with Gasteiger partial charge in [-0.15, -0.1) is 10.2 Å². The Balaban J connectivity index is 1.92. The van der Waals surface area contributed by atoms with Crippen LogP contribution in [0.4, 0.5) is 5.95 Å². The van der Waals surface area contributed by atoms with E-state index in [1.165, 1.54) is 30.2 Å². The summed E-state index contributed by atoms with van der Waals surface area (Å²) in [5.74, 6) is 1.20. The zero-order valence-corrected chi connectivity index (χ0v) is 14.1. The van der Waals surface area contributed by atoms with Crippen molar-refractivity contribution in [3.63, 3.8) is 0 Å². The Bertz CT molecular complexity index is 676. The highest BCUT2D eigenvalue weighted by atomic mass is 32.2. The molecule has 1 saturated heterocycles. The molecule has 0 bridgehead atoms. The molecule has 0 radical (unpaired) electrons. The number of hydrogen-bond acceptors (Lipinski definition) is 5. The third kappa shape index (κ3) is 3.67. The molecule has 2 heterocycles. The predicted octanol–water partition coefficient (Wildman–Crippen LogP) is 2.14. The lowest BCUT2D eigenvalue weighted by molar-refractivity contribution is -0.117. The molecule has 2 aromatic rings. The monoisotopic (exact) mass is 331 g/mol. The number of aromatic nitrogens is 3. The molecule has 1 aromatic heterocycles. The van der Waals surface area contributed by atoms with Gasteiger partial charge in [0.1, 0.15) is 0 Å². The Morgan fingerprint density at radius 1 is 1.22 bits per heavy atom. The second-order valence-corrected chi connectivity index (χ2v) is 6.77. The van der Waals surface area contributed by atoms with Crippen molar-refractivity contribution < 1.29 is 4.79 Å². The van der Waals surface area contributed by atoms with E-state index in [9.17, 15) is 4.79 Å². The standard InChI is InChI=1S/C16H21N5OS/c1-12-4-6-13(7-5-12)21-15(20-9-2-3-10-20)18-19-16(21)23-11-8-14(17)22/h4-7H,2-3,8-11H2,1H3,(H2,17,22). The summed E-state index contributed by atoms with van der Waals surface area (Å²) in [7, 11) is 0. The van der Waals surface area contributed by atoms with E-state index in [0.29, 0.717) is 12.2 Å². The van der Waals surface area contributed by atoms with Gasteiger partial charge in [0.25, 0.3) is 0 Å². The number of carbonyl (C=O) groups excluding carboxylic acids is 1. The average molecular weight is 331 g/mol. The van der Waals surface area contributed by atoms with Gasteiger partial charge in [0.05, 0.1) is 5.69 Å². The maximum atomic E-state index is 11.0. The third-order valence-corrected chi connectivity index (χ3v) is 4.81. The van der Waals surface area contributed by atoms with Crippen molar-refractivity contribution in [3.8, 4) is 5.69 Å². The van der Waals surface area contributed by atoms with Gasteiger partial charge in [-0.05, 0) is 31.9 Å². The number of rotatable bonds is 6. The van der Waals surface area contributed by atoms with Gasteiger partial charge in [-0.2, -0.15) is 0 Å². The van der Waals surface area contributed by atoms with Gasteiger partial charge in [0, 0.05) is 25.3 Å². The topological polar surface area (TPSA) is 77.0 Å². The van der Waals surface area contributed by atoms with Crippen LogP contribution in [0.25, 0.3) is 5.69 Å². The normalized spacial score (nSPS) is 14.4. The molecular formula is C16H21N5OS. The Morgan fingerprint density at radius 2 is 1.91 bits per heavy atom. The van der Waals surface area contributed by atoms with E-state index in [1.54, 1.807) is 0 Å². The Morgan fingerprint density at radius 3 is 2.57 bits per heavy atom. The number of anilines is 1. The van der Waals surface area contributed by atoms with Crippen LogP contribution in [0.5, 0.6) is 0 Å². The van der Waals surface area contributed by atoms with Crippen LogP contribution >= 0.6 is 11.8 Å². The lowest BCUT2D eigenvalue weighted by atomic mass is 10.2. The van der Waals surface area contributed by atoms with E-state index in [-0.39, 0.29) is 5.91 Å². The Hall–Kier alpha value is -2.02. The summed E-state index contributed by atoms with van der Waals surface area (Å²) in [6, 6.07) is 8.33. The number of amides is 1. The Labute approximate surface area is 140 Å². The van der Waals surface area contributed by atoms with E-state index in [0.717, 1.165) is 29.9 Å². The molecule has 122 valence electrons. The van der Waals surface area contributed by atoms with Crippen molar-refractivity contribution in [1.82, 2.24) is 14.8 Å². The maximum absolute atomic E-state index is 11.0. The fraction of sp³-hybridized carbons (Fsp3) is 0.438. The third-order valence-electron chi connectivity index (χ3n) is 3.88. The maximum Gasteiger partial charge on any atom is 0.232 e. The van der Waals surface area contributed by atoms with Gasteiger partial charge in [0.2, 0.25) is 11.9 Å². The number of carbonyl (C=O) groups is 1. The minimum Gasteiger partial charge on any atom is -0.370 e. The van der Waals surface area contributed by atoms with Crippen molar-refractivity contribution in [2.24, 2.45) is 5.73 Å². The zero-order valence-electron chi connectivity index (χ0n) is 13.2. The van der Waals surface area contributed by atoms with Crippen LogP contribution in [-0.4, -0.2) is 39.5 Å². The van der Waals surface area contributed by atoms with Crippen LogP contribution < -0.4 is 10.6 Å². The van der Waals surface area contributed by atoms with Crippen LogP contribution in [-0.2, 0) is 4.79 Å². The molecule has 7 heteroatoms. The zero-order chi connectivity index (χ0) is 16.2. The number of primary amides is 1. The number of nitrogens with two attached hydrogens (primary N) is 1. The van der Waals surface area contributed by atoms with Crippen molar-refractivity contribution in [2.75, 3.05) is 23.7 Å². The van der Waals surface area contributed by atoms with Gasteiger partial charge in [-0.1, -0.05) is 29.5 Å². The molecule has 3 rings (SSSR count). The average Bonchev–Trinajstić information content (AvgIpc) is 3.17. The molecule has 2 N–H and O–H groups in total. The molecular weight excluding hydrogens is 310 g/mol. The summed E-state index contributed by atoms with van der Waals surface area (Å²) >= 11 is 1.52. The molecule has 1 fully saturated rings. The number of nitrogens with zero attached hydrogens (tertiary/aromatic N) is 4. The van der Waals surface area contributed by atoms with Crippen molar-refractivity contribution >= 4 is 23.6 Å². The summed E-state index contributed by atoms with van der Waals surface area (Å²) < 4.78 is 2.08. The fourth-order valence-corrected chi connectivity index (χ4v) is 3.54. The molecule has 1 amide bonds. The second kappa shape index (κ2) is 7.04. The summed E-state index contributed by atoms with van der Waals surface area (Å²) in [6.07, 6.45) is 2.71. The Kier molecular flexibility index (Phi) is 4.85. The smallest absolute Gasteiger partial charge is 0.232 e. The summed E-state index contributed by atoms with van der Waals surface area (Å²) in [5, 5.41) is 9.54. The highest BCUT2D eigenvalue weighted by molar-refractivity contribution is 7.99. The summed E-state index contributed by atoms with van der Waals surface area (Å²) in [5.41, 5.74) is 7.48. The van der Waals surface area contributed by atoms with Crippen LogP contribution in [0.15, 0.2) is 29.4 Å². The van der Waals surface area contributed by atoms with Crippen molar-refractivity contribution in [3.05, 3.63) is 29.8 Å². The number of hydrogen-bond donors (Lipinski definition) is 1. The van der Waals surface area contributed by atoms with Gasteiger partial charge in [-0.25, -0.2) is 0 Å². The molecule has 6 nitrogen and oxygen atoms in total. The van der Waals surface area contributed by atoms with Crippen LogP contribution in [0.2, 0.25) is 0 Å². The molecule has 0 unspecified atom stereocenters. The summed E-state index contributed by atoms with van der Waals surface area (Å²) in [4.78, 5) is 13.2. The van der Waals surface area contributed by atoms with E-state index in [4.69, 9.17) is 5.73 Å².